The van der Waals surface area contributed by atoms with Gasteiger partial charge in [0.15, 0.2) is 0 Å². The molecule has 1 aromatic heterocycles. The Morgan fingerprint density at radius 1 is 0.543 bits per heavy atom. The average Bonchev–Trinajstić information content (AvgIpc) is 3.65. The van der Waals surface area contributed by atoms with E-state index >= 15 is 0 Å². The molecule has 8 aromatic rings. The minimum Gasteiger partial charge on any atom is -0.299 e. The molecular formula is C44H34N2. The molecule has 0 atom stereocenters. The first kappa shape index (κ1) is 26.9. The van der Waals surface area contributed by atoms with Crippen LogP contribution in [0.5, 0.6) is 0 Å². The summed E-state index contributed by atoms with van der Waals surface area (Å²) in [5, 5.41) is 7.94. The molecule has 0 amide bonds. The molecule has 0 saturated heterocycles. The summed E-state index contributed by atoms with van der Waals surface area (Å²) < 4.78 is 2.27. The lowest BCUT2D eigenvalue weighted by atomic mass is 9.81. The molecule has 2 heteroatoms. The molecule has 0 spiro atoms. The summed E-state index contributed by atoms with van der Waals surface area (Å²) in [4.78, 5) is 4.94. The van der Waals surface area contributed by atoms with Gasteiger partial charge in [-0.3, -0.25) is 4.57 Å². The minimum absolute atomic E-state index is 0.151. The van der Waals surface area contributed by atoms with Gasteiger partial charge in [0.25, 0.3) is 0 Å². The summed E-state index contributed by atoms with van der Waals surface area (Å²) in [6, 6.07) is 44.7. The van der Waals surface area contributed by atoms with Crippen LogP contribution in [0, 0.1) is 13.8 Å². The summed E-state index contributed by atoms with van der Waals surface area (Å²) in [6.07, 6.45) is 4.03. The molecule has 7 aromatic carbocycles. The lowest BCUT2D eigenvalue weighted by molar-refractivity contribution is 0.661. The number of aryl methyl sites for hydroxylation is 2. The Hall–Kier alpha value is -5.47. The van der Waals surface area contributed by atoms with Gasteiger partial charge in [-0.05, 0) is 109 Å². The van der Waals surface area contributed by atoms with E-state index in [0.29, 0.717) is 0 Å². The topological polar surface area (TPSA) is 17.8 Å². The van der Waals surface area contributed by atoms with Gasteiger partial charge in [-0.15, -0.1) is 0 Å². The summed E-state index contributed by atoms with van der Waals surface area (Å²) in [5.74, 6) is 0.967. The Bertz CT molecular complexity index is 2450. The quantitative estimate of drug-likeness (QED) is 0.187. The van der Waals surface area contributed by atoms with Crippen molar-refractivity contribution in [2.75, 3.05) is 0 Å². The number of benzene rings is 7. The Labute approximate surface area is 269 Å². The molecule has 0 radical (unpaired) electrons. The minimum atomic E-state index is -0.151. The summed E-state index contributed by atoms with van der Waals surface area (Å²) in [7, 11) is 0. The van der Waals surface area contributed by atoms with Crippen molar-refractivity contribution in [1.29, 1.82) is 0 Å². The molecule has 0 aliphatic heterocycles. The van der Waals surface area contributed by atoms with Crippen LogP contribution in [0.25, 0.3) is 71.6 Å². The van der Waals surface area contributed by atoms with Crippen molar-refractivity contribution in [3.05, 3.63) is 156 Å². The number of imidazole rings is 1. The fraction of sp³-hybridized carbons (Fsp3) is 0.114. The largest absolute Gasteiger partial charge is 0.299 e. The predicted molar refractivity (Wildman–Crippen MR) is 194 cm³/mol. The second kappa shape index (κ2) is 9.76. The van der Waals surface area contributed by atoms with Crippen molar-refractivity contribution >= 4 is 32.3 Å². The van der Waals surface area contributed by atoms with Crippen LogP contribution in [0.3, 0.4) is 0 Å². The van der Waals surface area contributed by atoms with Crippen molar-refractivity contribution in [1.82, 2.24) is 9.55 Å². The standard InChI is InChI=1S/C44H34N2/c1-27-24-31(29-12-6-5-7-13-29)25-28(2)42(27)46-23-22-45-43(46)30-18-19-37-39(26-30)44(3,4)38-21-20-36-34-16-9-8-14-32(34)33-15-10-11-17-35(33)40(36)41(37)38/h5-26H,1-4H3. The Morgan fingerprint density at radius 2 is 1.15 bits per heavy atom. The average molecular weight is 591 g/mol. The SMILES string of the molecule is Cc1cc(-c2ccccc2)cc(C)c1-n1ccnc1-c1ccc2c(c1)C(C)(C)c1ccc3c4ccccc4c4ccccc4c3c1-2. The number of rotatable bonds is 3. The Balaban J connectivity index is 1.23. The molecule has 1 aliphatic carbocycles. The zero-order valence-electron chi connectivity index (χ0n) is 26.6. The molecule has 0 unspecified atom stereocenters. The van der Waals surface area contributed by atoms with Crippen LogP contribution < -0.4 is 0 Å². The van der Waals surface area contributed by atoms with E-state index in [-0.39, 0.29) is 5.41 Å². The van der Waals surface area contributed by atoms with Crippen LogP contribution in [0.1, 0.15) is 36.1 Å². The van der Waals surface area contributed by atoms with Gasteiger partial charge in [-0.1, -0.05) is 117 Å². The molecule has 46 heavy (non-hydrogen) atoms. The molecular weight excluding hydrogens is 556 g/mol. The lowest BCUT2D eigenvalue weighted by Gasteiger charge is -2.23. The molecule has 0 bridgehead atoms. The van der Waals surface area contributed by atoms with E-state index in [9.17, 15) is 0 Å². The third-order valence-corrected chi connectivity index (χ3v) is 10.3. The number of nitrogens with zero attached hydrogens (tertiary/aromatic N) is 2. The first-order chi connectivity index (χ1) is 22.4. The Morgan fingerprint density at radius 3 is 1.85 bits per heavy atom. The van der Waals surface area contributed by atoms with Crippen LogP contribution >= 0.6 is 0 Å². The summed E-state index contributed by atoms with van der Waals surface area (Å²) >= 11 is 0. The van der Waals surface area contributed by atoms with E-state index < -0.39 is 0 Å². The highest BCUT2D eigenvalue weighted by Crippen LogP contribution is 2.54. The molecule has 9 rings (SSSR count). The zero-order valence-corrected chi connectivity index (χ0v) is 26.6. The zero-order chi connectivity index (χ0) is 31.2. The normalized spacial score (nSPS) is 13.4. The fourth-order valence-corrected chi connectivity index (χ4v) is 8.19. The van der Waals surface area contributed by atoms with Crippen LogP contribution in [-0.2, 0) is 5.41 Å². The van der Waals surface area contributed by atoms with Crippen LogP contribution in [0.15, 0.2) is 134 Å². The predicted octanol–water partition coefficient (Wildman–Crippen LogP) is 11.6. The second-order valence-electron chi connectivity index (χ2n) is 13.3. The molecule has 1 aliphatic rings. The van der Waals surface area contributed by atoms with Gasteiger partial charge >= 0.3 is 0 Å². The van der Waals surface area contributed by atoms with Crippen molar-refractivity contribution in [3.63, 3.8) is 0 Å². The third kappa shape index (κ3) is 3.74. The maximum Gasteiger partial charge on any atom is 0.144 e. The van der Waals surface area contributed by atoms with Crippen molar-refractivity contribution < 1.29 is 0 Å². The van der Waals surface area contributed by atoms with Gasteiger partial charge < -0.3 is 0 Å². The van der Waals surface area contributed by atoms with Crippen LogP contribution in [0.2, 0.25) is 0 Å². The maximum atomic E-state index is 4.94. The van der Waals surface area contributed by atoms with Gasteiger partial charge in [0, 0.05) is 23.4 Å². The van der Waals surface area contributed by atoms with E-state index in [1.807, 2.05) is 6.20 Å². The van der Waals surface area contributed by atoms with E-state index in [2.05, 4.69) is 160 Å². The first-order valence-electron chi connectivity index (χ1n) is 16.1. The molecule has 220 valence electrons. The number of hydrogen-bond acceptors (Lipinski definition) is 1. The summed E-state index contributed by atoms with van der Waals surface area (Å²) in [5.41, 5.74) is 12.6. The number of fused-ring (bicyclic) bond motifs is 10. The van der Waals surface area contributed by atoms with Crippen molar-refractivity contribution in [2.24, 2.45) is 0 Å². The van der Waals surface area contributed by atoms with Crippen molar-refractivity contribution in [2.45, 2.75) is 33.1 Å². The van der Waals surface area contributed by atoms with Crippen LogP contribution in [0.4, 0.5) is 0 Å². The Kier molecular flexibility index (Phi) is 5.71. The maximum absolute atomic E-state index is 4.94. The van der Waals surface area contributed by atoms with Gasteiger partial charge in [0.1, 0.15) is 5.82 Å². The van der Waals surface area contributed by atoms with E-state index in [0.717, 1.165) is 11.4 Å². The van der Waals surface area contributed by atoms with Gasteiger partial charge in [-0.25, -0.2) is 4.98 Å². The lowest BCUT2D eigenvalue weighted by Crippen LogP contribution is -2.15. The van der Waals surface area contributed by atoms with Gasteiger partial charge in [-0.2, -0.15) is 0 Å². The molecule has 0 saturated carbocycles. The second-order valence-corrected chi connectivity index (χ2v) is 13.3. The molecule has 0 fully saturated rings. The van der Waals surface area contributed by atoms with E-state index in [4.69, 9.17) is 4.98 Å². The van der Waals surface area contributed by atoms with E-state index in [1.165, 1.54) is 82.5 Å². The molecule has 2 nitrogen and oxygen atoms in total. The van der Waals surface area contributed by atoms with E-state index in [1.54, 1.807) is 0 Å². The highest BCUT2D eigenvalue weighted by atomic mass is 15.1. The molecule has 1 heterocycles. The highest BCUT2D eigenvalue weighted by molar-refractivity contribution is 6.29. The smallest absolute Gasteiger partial charge is 0.144 e. The van der Waals surface area contributed by atoms with Gasteiger partial charge in [0.05, 0.1) is 5.69 Å². The van der Waals surface area contributed by atoms with Crippen molar-refractivity contribution in [3.8, 4) is 39.3 Å². The first-order valence-corrected chi connectivity index (χ1v) is 16.1. The van der Waals surface area contributed by atoms with Crippen LogP contribution in [-0.4, -0.2) is 9.55 Å². The third-order valence-electron chi connectivity index (χ3n) is 10.3. The molecule has 0 N–H and O–H groups in total. The number of hydrogen-bond donors (Lipinski definition) is 0. The fourth-order valence-electron chi connectivity index (χ4n) is 8.19. The number of aromatic nitrogens is 2. The monoisotopic (exact) mass is 590 g/mol. The highest BCUT2D eigenvalue weighted by Gasteiger charge is 2.37. The van der Waals surface area contributed by atoms with Gasteiger partial charge in [0.2, 0.25) is 0 Å². The summed E-state index contributed by atoms with van der Waals surface area (Å²) in [6.45, 7) is 9.17.